The molecule has 0 aliphatic carbocycles. The molecule has 0 saturated carbocycles. The number of hydrogen-bond acceptors (Lipinski definition) is 8. The van der Waals surface area contributed by atoms with Crippen molar-refractivity contribution >= 4 is 35.5 Å². The van der Waals surface area contributed by atoms with Gasteiger partial charge in [-0.2, -0.15) is 0 Å². The van der Waals surface area contributed by atoms with E-state index in [9.17, 15) is 33.9 Å². The Morgan fingerprint density at radius 2 is 1.38 bits per heavy atom. The van der Waals surface area contributed by atoms with Crippen LogP contribution in [0.4, 0.5) is 0 Å². The molecule has 0 aromatic rings. The van der Waals surface area contributed by atoms with Crippen molar-refractivity contribution in [2.45, 2.75) is 76.5 Å². The molecule has 0 aliphatic heterocycles. The van der Waals surface area contributed by atoms with Gasteiger partial charge in [0, 0.05) is 6.42 Å². The van der Waals surface area contributed by atoms with Gasteiger partial charge >= 0.3 is 5.97 Å². The molecule has 0 spiro atoms. The molecule has 4 unspecified atom stereocenters. The van der Waals surface area contributed by atoms with Crippen LogP contribution in [0.5, 0.6) is 0 Å². The van der Waals surface area contributed by atoms with E-state index in [1.807, 2.05) is 0 Å². The summed E-state index contributed by atoms with van der Waals surface area (Å²) in [5.74, 6) is -5.63. The minimum absolute atomic E-state index is 0.159. The normalized spacial score (nSPS) is 14.4. The van der Waals surface area contributed by atoms with E-state index in [0.29, 0.717) is 19.4 Å². The van der Waals surface area contributed by atoms with E-state index < -0.39 is 72.0 Å². The topological polar surface area (TPSA) is 263 Å². The van der Waals surface area contributed by atoms with E-state index in [1.54, 1.807) is 13.8 Å². The first-order valence-electron chi connectivity index (χ1n) is 11.0. The molecule has 0 heterocycles. The van der Waals surface area contributed by atoms with Gasteiger partial charge in [-0.1, -0.05) is 13.8 Å². The Balaban J connectivity index is 5.44. The summed E-state index contributed by atoms with van der Waals surface area (Å²) >= 11 is 0. The van der Waals surface area contributed by atoms with Gasteiger partial charge in [0.05, 0.1) is 12.5 Å². The first kappa shape index (κ1) is 30.7. The molecule has 0 bridgehead atoms. The van der Waals surface area contributed by atoms with Crippen LogP contribution in [0.25, 0.3) is 0 Å². The standard InChI is InChI=1S/C20H37N7O7/c1-10(2)16(19(32)26-13(20(33)34)5-3-4-8-21)27-18(31)12(6-7-14(23)28)25-17(30)11(22)9-15(24)29/h10-13,16H,3-9,21-22H2,1-2H3,(H2,23,28)(H2,24,29)(H,25,30)(H,26,32)(H,27,31)(H,33,34). The van der Waals surface area contributed by atoms with Gasteiger partial charge in [-0.05, 0) is 38.1 Å². The number of rotatable bonds is 17. The summed E-state index contributed by atoms with van der Waals surface area (Å²) in [5.41, 5.74) is 21.2. The van der Waals surface area contributed by atoms with Crippen molar-refractivity contribution in [3.05, 3.63) is 0 Å². The lowest BCUT2D eigenvalue weighted by Gasteiger charge is -2.27. The zero-order valence-corrected chi connectivity index (χ0v) is 19.5. The molecule has 0 radical (unpaired) electrons. The number of aliphatic carboxylic acids is 1. The van der Waals surface area contributed by atoms with Crippen LogP contribution in [0.3, 0.4) is 0 Å². The third kappa shape index (κ3) is 12.1. The molecule has 194 valence electrons. The first-order valence-corrected chi connectivity index (χ1v) is 11.0. The molecule has 0 fully saturated rings. The van der Waals surface area contributed by atoms with Crippen LogP contribution < -0.4 is 38.9 Å². The fourth-order valence-electron chi connectivity index (χ4n) is 2.94. The summed E-state index contributed by atoms with van der Waals surface area (Å²) in [6, 6.07) is -4.94. The maximum Gasteiger partial charge on any atom is 0.326 e. The number of amides is 5. The molecule has 14 heteroatoms. The highest BCUT2D eigenvalue weighted by molar-refractivity contribution is 5.95. The summed E-state index contributed by atoms with van der Waals surface area (Å²) < 4.78 is 0. The molecule has 4 atom stereocenters. The average molecular weight is 488 g/mol. The molecule has 0 rings (SSSR count). The highest BCUT2D eigenvalue weighted by Crippen LogP contribution is 2.08. The summed E-state index contributed by atoms with van der Waals surface area (Å²) in [5, 5.41) is 16.6. The van der Waals surface area contributed by atoms with Gasteiger partial charge in [0.15, 0.2) is 0 Å². The van der Waals surface area contributed by atoms with Crippen molar-refractivity contribution in [3.8, 4) is 0 Å². The van der Waals surface area contributed by atoms with Crippen LogP contribution in [-0.2, 0) is 28.8 Å². The zero-order valence-electron chi connectivity index (χ0n) is 19.5. The number of carboxylic acids is 1. The quantitative estimate of drug-likeness (QED) is 0.0957. The molecule has 14 nitrogen and oxygen atoms in total. The molecular formula is C20H37N7O7. The monoisotopic (exact) mass is 487 g/mol. The van der Waals surface area contributed by atoms with Crippen molar-refractivity contribution in [1.82, 2.24) is 16.0 Å². The van der Waals surface area contributed by atoms with Crippen LogP contribution in [0.2, 0.25) is 0 Å². The number of primary amides is 2. The van der Waals surface area contributed by atoms with E-state index >= 15 is 0 Å². The third-order valence-corrected chi connectivity index (χ3v) is 4.88. The molecule has 0 aromatic heterocycles. The smallest absolute Gasteiger partial charge is 0.326 e. The van der Waals surface area contributed by atoms with Crippen LogP contribution in [0.1, 0.15) is 52.4 Å². The predicted octanol–water partition coefficient (Wildman–Crippen LogP) is -3.22. The summed E-state index contributed by atoms with van der Waals surface area (Å²) in [4.78, 5) is 71.5. The average Bonchev–Trinajstić information content (AvgIpc) is 2.72. The number of carbonyl (C=O) groups excluding carboxylic acids is 5. The lowest BCUT2D eigenvalue weighted by molar-refractivity contribution is -0.142. The van der Waals surface area contributed by atoms with Crippen LogP contribution >= 0.6 is 0 Å². The van der Waals surface area contributed by atoms with Gasteiger partial charge in [0.1, 0.15) is 18.1 Å². The van der Waals surface area contributed by atoms with E-state index in [-0.39, 0.29) is 19.3 Å². The third-order valence-electron chi connectivity index (χ3n) is 4.88. The molecule has 5 amide bonds. The Labute approximate surface area is 197 Å². The second-order valence-electron chi connectivity index (χ2n) is 8.26. The second-order valence-corrected chi connectivity index (χ2v) is 8.26. The lowest BCUT2D eigenvalue weighted by Crippen LogP contribution is -2.58. The van der Waals surface area contributed by atoms with Crippen molar-refractivity contribution < 1.29 is 33.9 Å². The molecular weight excluding hydrogens is 450 g/mol. The number of nitrogens with two attached hydrogens (primary N) is 4. The Morgan fingerprint density at radius 3 is 1.85 bits per heavy atom. The highest BCUT2D eigenvalue weighted by Gasteiger charge is 2.32. The summed E-state index contributed by atoms with van der Waals surface area (Å²) in [6.07, 6.45) is 0.311. The summed E-state index contributed by atoms with van der Waals surface area (Å²) in [7, 11) is 0. The van der Waals surface area contributed by atoms with Crippen molar-refractivity contribution in [2.24, 2.45) is 28.9 Å². The maximum atomic E-state index is 12.9. The van der Waals surface area contributed by atoms with Crippen LogP contribution in [0.15, 0.2) is 0 Å². The molecule has 0 saturated heterocycles. The number of unbranched alkanes of at least 4 members (excludes halogenated alkanes) is 1. The molecule has 12 N–H and O–H groups in total. The number of carboxylic acid groups (broad SMARTS) is 1. The summed E-state index contributed by atoms with van der Waals surface area (Å²) in [6.45, 7) is 3.65. The van der Waals surface area contributed by atoms with Gasteiger partial charge in [-0.25, -0.2) is 4.79 Å². The van der Waals surface area contributed by atoms with E-state index in [1.165, 1.54) is 0 Å². The van der Waals surface area contributed by atoms with Gasteiger partial charge < -0.3 is 44.0 Å². The Morgan fingerprint density at radius 1 is 0.794 bits per heavy atom. The van der Waals surface area contributed by atoms with Gasteiger partial charge in [-0.3, -0.25) is 24.0 Å². The van der Waals surface area contributed by atoms with Crippen LogP contribution in [0, 0.1) is 5.92 Å². The fourth-order valence-corrected chi connectivity index (χ4v) is 2.94. The van der Waals surface area contributed by atoms with Gasteiger partial charge in [0.25, 0.3) is 0 Å². The highest BCUT2D eigenvalue weighted by atomic mass is 16.4. The van der Waals surface area contributed by atoms with E-state index in [2.05, 4.69) is 16.0 Å². The fraction of sp³-hybridized carbons (Fsp3) is 0.700. The number of nitrogens with one attached hydrogen (secondary N) is 3. The zero-order chi connectivity index (χ0) is 26.4. The van der Waals surface area contributed by atoms with Gasteiger partial charge in [-0.15, -0.1) is 0 Å². The molecule has 0 aromatic carbocycles. The van der Waals surface area contributed by atoms with Crippen molar-refractivity contribution in [3.63, 3.8) is 0 Å². The predicted molar refractivity (Wildman–Crippen MR) is 121 cm³/mol. The molecule has 34 heavy (non-hydrogen) atoms. The van der Waals surface area contributed by atoms with E-state index in [0.717, 1.165) is 0 Å². The Kier molecular flexibility index (Phi) is 14.1. The first-order chi connectivity index (χ1) is 15.8. The second kappa shape index (κ2) is 15.6. The molecule has 0 aliphatic rings. The lowest BCUT2D eigenvalue weighted by atomic mass is 10.0. The Hall–Kier alpha value is -3.26. The number of carbonyl (C=O) groups is 6. The Bertz CT molecular complexity index is 745. The SMILES string of the molecule is CC(C)C(NC(=O)C(CCC(N)=O)NC(=O)C(N)CC(N)=O)C(=O)NC(CCCCN)C(=O)O. The minimum atomic E-state index is -1.32. The van der Waals surface area contributed by atoms with Crippen molar-refractivity contribution in [2.75, 3.05) is 6.54 Å². The largest absolute Gasteiger partial charge is 0.480 e. The van der Waals surface area contributed by atoms with E-state index in [4.69, 9.17) is 22.9 Å². The maximum absolute atomic E-state index is 12.9. The van der Waals surface area contributed by atoms with Crippen molar-refractivity contribution in [1.29, 1.82) is 0 Å². The minimum Gasteiger partial charge on any atom is -0.480 e. The number of hydrogen-bond donors (Lipinski definition) is 8. The van der Waals surface area contributed by atoms with Gasteiger partial charge in [0.2, 0.25) is 29.5 Å². The van der Waals surface area contributed by atoms with Crippen LogP contribution in [-0.4, -0.2) is 71.3 Å².